The highest BCUT2D eigenvalue weighted by atomic mass is 16.5. The molecule has 0 aromatic heterocycles. The molecule has 3 aromatic rings. The molecule has 3 aromatic carbocycles. The zero-order valence-electron chi connectivity index (χ0n) is 19.0. The predicted octanol–water partition coefficient (Wildman–Crippen LogP) is 4.97. The van der Waals surface area contributed by atoms with E-state index in [1.54, 1.807) is 27.4 Å². The van der Waals surface area contributed by atoms with Crippen molar-refractivity contribution in [3.05, 3.63) is 76.9 Å². The minimum Gasteiger partial charge on any atom is -0.507 e. The average Bonchev–Trinajstić information content (AvgIpc) is 3.29. The molecule has 0 amide bonds. The quantitative estimate of drug-likeness (QED) is 0.597. The van der Waals surface area contributed by atoms with Crippen molar-refractivity contribution in [1.82, 2.24) is 5.01 Å². The number of hydrazone groups is 1. The number of phenolic OH excluding ortho intramolecular Hbond substituents is 1. The van der Waals surface area contributed by atoms with Gasteiger partial charge in [0.25, 0.3) is 0 Å². The van der Waals surface area contributed by atoms with Crippen LogP contribution in [0.3, 0.4) is 0 Å². The monoisotopic (exact) mass is 446 g/mol. The molecule has 2 aliphatic heterocycles. The summed E-state index contributed by atoms with van der Waals surface area (Å²) in [5.74, 6) is 2.91. The number of rotatable bonds is 5. The standard InChI is InChI=1S/C26H26N2O5/c1-15-8-10-22(29)18(12-15)20-14-21-17-6-5-7-24(32-4)25(17)33-26(28(21)27-20)19-13-16(30-2)9-11-23(19)31-3/h5-13,21,26,29H,14H2,1-4H3/t21-,26-/m1/s1. The topological polar surface area (TPSA) is 72.8 Å². The lowest BCUT2D eigenvalue weighted by atomic mass is 9.94. The lowest BCUT2D eigenvalue weighted by molar-refractivity contribution is -0.0223. The number of nitrogens with zero attached hydrogens (tertiary/aromatic N) is 2. The second-order valence-corrected chi connectivity index (χ2v) is 8.12. The van der Waals surface area contributed by atoms with Crippen molar-refractivity contribution in [3.8, 4) is 28.7 Å². The summed E-state index contributed by atoms with van der Waals surface area (Å²) < 4.78 is 23.3. The number of hydrogen-bond acceptors (Lipinski definition) is 7. The van der Waals surface area contributed by atoms with E-state index in [4.69, 9.17) is 24.0 Å². The van der Waals surface area contributed by atoms with Gasteiger partial charge in [0.1, 0.15) is 17.2 Å². The van der Waals surface area contributed by atoms with Crippen molar-refractivity contribution in [2.45, 2.75) is 25.6 Å². The molecule has 2 atom stereocenters. The number of ether oxygens (including phenoxy) is 4. The molecule has 0 saturated heterocycles. The predicted molar refractivity (Wildman–Crippen MR) is 124 cm³/mol. The summed E-state index contributed by atoms with van der Waals surface area (Å²) >= 11 is 0. The van der Waals surface area contributed by atoms with Gasteiger partial charge in [-0.2, -0.15) is 5.10 Å². The van der Waals surface area contributed by atoms with Gasteiger partial charge < -0.3 is 24.1 Å². The molecule has 0 bridgehead atoms. The van der Waals surface area contributed by atoms with Crippen LogP contribution in [0.15, 0.2) is 59.7 Å². The maximum Gasteiger partial charge on any atom is 0.217 e. The Morgan fingerprint density at radius 2 is 1.76 bits per heavy atom. The first-order chi connectivity index (χ1) is 16.0. The largest absolute Gasteiger partial charge is 0.507 e. The third-order valence-electron chi connectivity index (χ3n) is 6.17. The maximum absolute atomic E-state index is 10.6. The van der Waals surface area contributed by atoms with Crippen LogP contribution in [0.4, 0.5) is 0 Å². The van der Waals surface area contributed by atoms with Gasteiger partial charge in [0.15, 0.2) is 11.5 Å². The van der Waals surface area contributed by atoms with Gasteiger partial charge in [0, 0.05) is 17.5 Å². The minimum atomic E-state index is -0.576. The molecule has 7 heteroatoms. The number of phenols is 1. The van der Waals surface area contributed by atoms with E-state index in [9.17, 15) is 5.11 Å². The summed E-state index contributed by atoms with van der Waals surface area (Å²) in [6.45, 7) is 2.00. The SMILES string of the molecule is COc1ccc(OC)c([C@H]2Oc3c(OC)cccc3[C@H]3CC(c4cc(C)ccc4O)=NN32)c1. The normalized spacial score (nSPS) is 18.7. The molecule has 0 saturated carbocycles. The summed E-state index contributed by atoms with van der Waals surface area (Å²) in [6, 6.07) is 16.9. The van der Waals surface area contributed by atoms with Gasteiger partial charge in [-0.05, 0) is 43.3 Å². The molecule has 7 nitrogen and oxygen atoms in total. The molecule has 0 fully saturated rings. The minimum absolute atomic E-state index is 0.0975. The Bertz CT molecular complexity index is 1240. The van der Waals surface area contributed by atoms with E-state index < -0.39 is 6.23 Å². The summed E-state index contributed by atoms with van der Waals surface area (Å²) in [5, 5.41) is 17.4. The van der Waals surface area contributed by atoms with E-state index in [2.05, 4.69) is 0 Å². The lowest BCUT2D eigenvalue weighted by Crippen LogP contribution is -2.34. The zero-order valence-corrected chi connectivity index (χ0v) is 19.0. The Morgan fingerprint density at radius 1 is 0.939 bits per heavy atom. The number of benzene rings is 3. The molecule has 0 radical (unpaired) electrons. The van der Waals surface area contributed by atoms with Crippen LogP contribution in [0.25, 0.3) is 0 Å². The van der Waals surface area contributed by atoms with Crippen molar-refractivity contribution >= 4 is 5.71 Å². The fourth-order valence-corrected chi connectivity index (χ4v) is 4.53. The molecular formula is C26H26N2O5. The maximum atomic E-state index is 10.6. The van der Waals surface area contributed by atoms with E-state index in [1.807, 2.05) is 60.5 Å². The van der Waals surface area contributed by atoms with Crippen LogP contribution in [-0.4, -0.2) is 37.2 Å². The molecular weight excluding hydrogens is 420 g/mol. The van der Waals surface area contributed by atoms with Gasteiger partial charge in [-0.25, -0.2) is 5.01 Å². The fraction of sp³-hybridized carbons (Fsp3) is 0.269. The Balaban J connectivity index is 1.68. The van der Waals surface area contributed by atoms with E-state index >= 15 is 0 Å². The smallest absolute Gasteiger partial charge is 0.217 e. The van der Waals surface area contributed by atoms with Crippen molar-refractivity contribution in [3.63, 3.8) is 0 Å². The van der Waals surface area contributed by atoms with Crippen LogP contribution in [0, 0.1) is 6.92 Å². The van der Waals surface area contributed by atoms with Gasteiger partial charge in [0.05, 0.1) is 38.6 Å². The Labute approximate surface area is 192 Å². The van der Waals surface area contributed by atoms with E-state index in [0.717, 1.165) is 28.0 Å². The van der Waals surface area contributed by atoms with E-state index in [-0.39, 0.29) is 11.8 Å². The molecule has 170 valence electrons. The zero-order chi connectivity index (χ0) is 23.1. The first kappa shape index (κ1) is 21.0. The van der Waals surface area contributed by atoms with Crippen LogP contribution in [0.5, 0.6) is 28.7 Å². The number of fused-ring (bicyclic) bond motifs is 3. The van der Waals surface area contributed by atoms with Crippen molar-refractivity contribution in [1.29, 1.82) is 0 Å². The molecule has 2 aliphatic rings. The Hall–Kier alpha value is -3.87. The Morgan fingerprint density at radius 3 is 2.52 bits per heavy atom. The number of aryl methyl sites for hydroxylation is 1. The first-order valence-corrected chi connectivity index (χ1v) is 10.7. The molecule has 5 rings (SSSR count). The van der Waals surface area contributed by atoms with E-state index in [1.165, 1.54) is 0 Å². The third kappa shape index (κ3) is 3.50. The van der Waals surface area contributed by atoms with Crippen molar-refractivity contribution < 1.29 is 24.1 Å². The van der Waals surface area contributed by atoms with Crippen LogP contribution in [-0.2, 0) is 0 Å². The number of methoxy groups -OCH3 is 3. The van der Waals surface area contributed by atoms with Gasteiger partial charge in [-0.15, -0.1) is 0 Å². The van der Waals surface area contributed by atoms with E-state index in [0.29, 0.717) is 29.4 Å². The molecule has 0 unspecified atom stereocenters. The van der Waals surface area contributed by atoms with Gasteiger partial charge >= 0.3 is 0 Å². The van der Waals surface area contributed by atoms with Gasteiger partial charge in [0.2, 0.25) is 6.23 Å². The van der Waals surface area contributed by atoms with Crippen molar-refractivity contribution in [2.24, 2.45) is 5.10 Å². The van der Waals surface area contributed by atoms with Crippen molar-refractivity contribution in [2.75, 3.05) is 21.3 Å². The highest BCUT2D eigenvalue weighted by molar-refractivity contribution is 6.04. The highest BCUT2D eigenvalue weighted by Gasteiger charge is 2.43. The lowest BCUT2D eigenvalue weighted by Gasteiger charge is -2.39. The Kier molecular flexibility index (Phi) is 5.24. The second-order valence-electron chi connectivity index (χ2n) is 8.12. The number of aromatic hydroxyl groups is 1. The van der Waals surface area contributed by atoms with Crippen LogP contribution in [0.2, 0.25) is 0 Å². The molecule has 0 aliphatic carbocycles. The van der Waals surface area contributed by atoms with Gasteiger partial charge in [-0.1, -0.05) is 23.8 Å². The summed E-state index contributed by atoms with van der Waals surface area (Å²) in [7, 11) is 4.89. The fourth-order valence-electron chi connectivity index (χ4n) is 4.53. The molecule has 0 spiro atoms. The first-order valence-electron chi connectivity index (χ1n) is 10.7. The molecule has 33 heavy (non-hydrogen) atoms. The molecule has 1 N–H and O–H groups in total. The average molecular weight is 447 g/mol. The number of hydrogen-bond donors (Lipinski definition) is 1. The van der Waals surface area contributed by atoms with Crippen LogP contribution < -0.4 is 18.9 Å². The van der Waals surface area contributed by atoms with Crippen LogP contribution in [0.1, 0.15) is 40.9 Å². The molecule has 2 heterocycles. The number of para-hydroxylation sites is 1. The summed E-state index contributed by atoms with van der Waals surface area (Å²) in [4.78, 5) is 0. The van der Waals surface area contributed by atoms with Crippen LogP contribution >= 0.6 is 0 Å². The summed E-state index contributed by atoms with van der Waals surface area (Å²) in [5.41, 5.74) is 4.35. The summed E-state index contributed by atoms with van der Waals surface area (Å²) in [6.07, 6.45) is 0.0388. The third-order valence-corrected chi connectivity index (χ3v) is 6.17. The highest BCUT2D eigenvalue weighted by Crippen LogP contribution is 2.52. The van der Waals surface area contributed by atoms with Gasteiger partial charge in [-0.3, -0.25) is 0 Å². The second kappa shape index (κ2) is 8.24.